The molecule has 0 heterocycles. The van der Waals surface area contributed by atoms with Gasteiger partial charge in [-0.05, 0) is 31.5 Å². The van der Waals surface area contributed by atoms with Crippen LogP contribution < -0.4 is 0 Å². The number of hydrogen-bond donors (Lipinski definition) is 1. The zero-order valence-electron chi connectivity index (χ0n) is 13.1. The van der Waals surface area contributed by atoms with Gasteiger partial charge in [0.25, 0.3) is 5.91 Å². The number of carbonyl (C=O) groups is 1. The van der Waals surface area contributed by atoms with Crippen molar-refractivity contribution in [2.45, 2.75) is 26.3 Å². The lowest BCUT2D eigenvalue weighted by Gasteiger charge is -2.25. The summed E-state index contributed by atoms with van der Waals surface area (Å²) in [7, 11) is 3.40. The van der Waals surface area contributed by atoms with Crippen LogP contribution in [0.3, 0.4) is 0 Å². The van der Waals surface area contributed by atoms with Crippen LogP contribution in [0, 0.1) is 18.8 Å². The molecule has 0 radical (unpaired) electrons. The highest BCUT2D eigenvalue weighted by molar-refractivity contribution is 5.96. The summed E-state index contributed by atoms with van der Waals surface area (Å²) in [5.41, 5.74) is 2.34. The van der Waals surface area contributed by atoms with Crippen LogP contribution in [0.2, 0.25) is 0 Å². The van der Waals surface area contributed by atoms with E-state index in [0.717, 1.165) is 11.1 Å². The Morgan fingerprint density at radius 3 is 2.81 bits per heavy atom. The van der Waals surface area contributed by atoms with Gasteiger partial charge in [0.1, 0.15) is 0 Å². The zero-order chi connectivity index (χ0) is 15.8. The smallest absolute Gasteiger partial charge is 0.254 e. The highest BCUT2D eigenvalue weighted by Crippen LogP contribution is 2.16. The van der Waals surface area contributed by atoms with Crippen molar-refractivity contribution in [3.8, 4) is 11.8 Å². The Balaban J connectivity index is 3.01. The Morgan fingerprint density at radius 2 is 2.19 bits per heavy atom. The van der Waals surface area contributed by atoms with E-state index in [1.54, 1.807) is 19.1 Å². The van der Waals surface area contributed by atoms with Gasteiger partial charge in [-0.25, -0.2) is 0 Å². The number of carbonyl (C=O) groups excluding carboxylic acids is 1. The Bertz CT molecular complexity index is 543. The summed E-state index contributed by atoms with van der Waals surface area (Å²) < 4.78 is 5.09. The monoisotopic (exact) mass is 289 g/mol. The summed E-state index contributed by atoms with van der Waals surface area (Å²) in [4.78, 5) is 14.2. The fourth-order valence-corrected chi connectivity index (χ4v) is 1.96. The second-order valence-electron chi connectivity index (χ2n) is 4.97. The van der Waals surface area contributed by atoms with Crippen LogP contribution in [0.4, 0.5) is 0 Å². The molecule has 0 spiro atoms. The van der Waals surface area contributed by atoms with E-state index >= 15 is 0 Å². The molecular weight excluding hydrogens is 266 g/mol. The molecule has 1 rings (SSSR count). The van der Waals surface area contributed by atoms with Crippen LogP contribution in [-0.2, 0) is 4.74 Å². The van der Waals surface area contributed by atoms with Gasteiger partial charge in [0.05, 0.1) is 19.3 Å². The third kappa shape index (κ3) is 4.59. The van der Waals surface area contributed by atoms with E-state index in [1.165, 1.54) is 0 Å². The number of aliphatic hydroxyl groups is 1. The van der Waals surface area contributed by atoms with Crippen molar-refractivity contribution in [3.05, 3.63) is 34.9 Å². The molecule has 0 saturated heterocycles. The first-order valence-electron chi connectivity index (χ1n) is 6.98. The fourth-order valence-electron chi connectivity index (χ4n) is 1.96. The molecule has 1 aromatic rings. The van der Waals surface area contributed by atoms with E-state index in [0.29, 0.717) is 18.6 Å². The molecule has 21 heavy (non-hydrogen) atoms. The Labute approximate surface area is 126 Å². The second kappa shape index (κ2) is 8.46. The molecule has 0 aromatic heterocycles. The summed E-state index contributed by atoms with van der Waals surface area (Å²) in [6.45, 7) is 4.38. The van der Waals surface area contributed by atoms with Crippen LogP contribution >= 0.6 is 0 Å². The van der Waals surface area contributed by atoms with Crippen LogP contribution in [0.15, 0.2) is 18.2 Å². The van der Waals surface area contributed by atoms with Crippen molar-refractivity contribution in [3.63, 3.8) is 0 Å². The molecule has 0 aliphatic rings. The predicted molar refractivity (Wildman–Crippen MR) is 83.2 cm³/mol. The van der Waals surface area contributed by atoms with Gasteiger partial charge < -0.3 is 14.7 Å². The number of amides is 1. The first kappa shape index (κ1) is 17.2. The molecule has 0 saturated carbocycles. The second-order valence-corrected chi connectivity index (χ2v) is 4.97. The maximum atomic E-state index is 12.5. The van der Waals surface area contributed by atoms with E-state index < -0.39 is 0 Å². The minimum absolute atomic E-state index is 0.00558. The SMILES string of the molecule is COCC(C)N(C)C(=O)c1cccc(C#CCCO)c1C. The average Bonchev–Trinajstić information content (AvgIpc) is 2.48. The average molecular weight is 289 g/mol. The number of benzene rings is 1. The van der Waals surface area contributed by atoms with Crippen LogP contribution in [-0.4, -0.2) is 49.3 Å². The number of likely N-dealkylation sites (N-methyl/N-ethyl adjacent to an activating group) is 1. The van der Waals surface area contributed by atoms with Crippen molar-refractivity contribution in [1.82, 2.24) is 4.90 Å². The number of rotatable bonds is 5. The molecule has 0 fully saturated rings. The quantitative estimate of drug-likeness (QED) is 0.841. The number of aliphatic hydroxyl groups excluding tert-OH is 1. The van der Waals surface area contributed by atoms with E-state index in [-0.39, 0.29) is 18.6 Å². The first-order valence-corrected chi connectivity index (χ1v) is 6.98. The summed E-state index contributed by atoms with van der Waals surface area (Å²) in [5, 5.41) is 8.77. The van der Waals surface area contributed by atoms with Crippen molar-refractivity contribution in [1.29, 1.82) is 0 Å². The summed E-state index contributed by atoms with van der Waals surface area (Å²) >= 11 is 0. The normalized spacial score (nSPS) is 11.5. The maximum absolute atomic E-state index is 12.5. The molecule has 0 bridgehead atoms. The molecule has 1 unspecified atom stereocenters. The van der Waals surface area contributed by atoms with Gasteiger partial charge in [-0.3, -0.25) is 4.79 Å². The number of ether oxygens (including phenoxy) is 1. The summed E-state index contributed by atoms with van der Waals surface area (Å²) in [5.74, 6) is 5.84. The molecule has 0 aliphatic carbocycles. The Kier molecular flexibility index (Phi) is 6.93. The fraction of sp³-hybridized carbons (Fsp3) is 0.471. The van der Waals surface area contributed by atoms with Crippen molar-refractivity contribution < 1.29 is 14.6 Å². The maximum Gasteiger partial charge on any atom is 0.254 e. The summed E-state index contributed by atoms with van der Waals surface area (Å²) in [6, 6.07) is 5.53. The van der Waals surface area contributed by atoms with Crippen LogP contribution in [0.5, 0.6) is 0 Å². The van der Waals surface area contributed by atoms with Crippen molar-refractivity contribution in [2.75, 3.05) is 27.4 Å². The third-order valence-corrected chi connectivity index (χ3v) is 3.41. The Morgan fingerprint density at radius 1 is 1.48 bits per heavy atom. The molecule has 1 aromatic carbocycles. The highest BCUT2D eigenvalue weighted by Gasteiger charge is 2.19. The van der Waals surface area contributed by atoms with E-state index in [9.17, 15) is 4.79 Å². The zero-order valence-corrected chi connectivity index (χ0v) is 13.1. The van der Waals surface area contributed by atoms with E-state index in [2.05, 4.69) is 11.8 Å². The van der Waals surface area contributed by atoms with Gasteiger partial charge in [0.15, 0.2) is 0 Å². The van der Waals surface area contributed by atoms with Gasteiger partial charge in [-0.1, -0.05) is 17.9 Å². The first-order chi connectivity index (χ1) is 10.0. The van der Waals surface area contributed by atoms with Gasteiger partial charge in [-0.15, -0.1) is 0 Å². The van der Waals surface area contributed by atoms with Crippen molar-refractivity contribution in [2.24, 2.45) is 0 Å². The third-order valence-electron chi connectivity index (χ3n) is 3.41. The molecule has 4 nitrogen and oxygen atoms in total. The lowest BCUT2D eigenvalue weighted by atomic mass is 10.0. The van der Waals surface area contributed by atoms with E-state index in [4.69, 9.17) is 9.84 Å². The number of nitrogens with zero attached hydrogens (tertiary/aromatic N) is 1. The largest absolute Gasteiger partial charge is 0.395 e. The predicted octanol–water partition coefficient (Wildman–Crippen LogP) is 1.84. The topological polar surface area (TPSA) is 49.8 Å². The van der Waals surface area contributed by atoms with Crippen LogP contribution in [0.1, 0.15) is 34.8 Å². The van der Waals surface area contributed by atoms with Gasteiger partial charge in [0, 0.05) is 31.7 Å². The molecule has 1 amide bonds. The molecule has 0 aliphatic heterocycles. The Hall–Kier alpha value is -1.83. The molecule has 4 heteroatoms. The lowest BCUT2D eigenvalue weighted by Crippen LogP contribution is -2.38. The molecule has 1 N–H and O–H groups in total. The van der Waals surface area contributed by atoms with Crippen LogP contribution in [0.25, 0.3) is 0 Å². The standard InChI is InChI=1S/C17H23NO3/c1-13(12-21-4)18(3)17(20)16-10-7-9-15(14(16)2)8-5-6-11-19/h7,9-10,13,19H,6,11-12H2,1-4H3. The minimum Gasteiger partial charge on any atom is -0.395 e. The van der Waals surface area contributed by atoms with Gasteiger partial charge >= 0.3 is 0 Å². The molecule has 114 valence electrons. The molecule has 1 atom stereocenters. The highest BCUT2D eigenvalue weighted by atomic mass is 16.5. The van der Waals surface area contributed by atoms with Gasteiger partial charge in [-0.2, -0.15) is 0 Å². The number of hydrogen-bond acceptors (Lipinski definition) is 3. The van der Waals surface area contributed by atoms with E-state index in [1.807, 2.05) is 32.0 Å². The lowest BCUT2D eigenvalue weighted by molar-refractivity contribution is 0.0633. The summed E-state index contributed by atoms with van der Waals surface area (Å²) in [6.07, 6.45) is 0.433. The van der Waals surface area contributed by atoms with Crippen molar-refractivity contribution >= 4 is 5.91 Å². The number of methoxy groups -OCH3 is 1. The minimum atomic E-state index is -0.0390. The van der Waals surface area contributed by atoms with Gasteiger partial charge in [0.2, 0.25) is 0 Å². The molecular formula is C17H23NO3.